The third kappa shape index (κ3) is 6.86. The molecule has 3 nitrogen and oxygen atoms in total. The van der Waals surface area contributed by atoms with Gasteiger partial charge in [-0.1, -0.05) is 42.5 Å². The Bertz CT molecular complexity index is 642. The Kier molecular flexibility index (Phi) is 6.42. The predicted molar refractivity (Wildman–Crippen MR) is 95.9 cm³/mol. The minimum Gasteiger partial charge on any atom is -0.482 e. The topological polar surface area (TPSA) is 35.5 Å². The fourth-order valence-corrected chi connectivity index (χ4v) is 2.29. The average Bonchev–Trinajstić information content (AvgIpc) is 2.53. The van der Waals surface area contributed by atoms with E-state index in [4.69, 9.17) is 9.47 Å². The molecule has 127 valence electrons. The van der Waals surface area contributed by atoms with Crippen LogP contribution in [0.25, 0.3) is 0 Å². The van der Waals surface area contributed by atoms with Crippen molar-refractivity contribution < 1.29 is 14.3 Å². The lowest BCUT2D eigenvalue weighted by molar-refractivity contribution is -0.157. The molecule has 0 aliphatic heterocycles. The predicted octanol–water partition coefficient (Wildman–Crippen LogP) is 4.59. The highest BCUT2D eigenvalue weighted by Crippen LogP contribution is 2.17. The summed E-state index contributed by atoms with van der Waals surface area (Å²) in [6.07, 6.45) is 4.14. The first-order valence-electron chi connectivity index (χ1n) is 8.24. The van der Waals surface area contributed by atoms with Gasteiger partial charge in [-0.05, 0) is 63.3 Å². The zero-order valence-electron chi connectivity index (χ0n) is 14.6. The lowest BCUT2D eigenvalue weighted by atomic mass is 10.0. The quantitative estimate of drug-likeness (QED) is 0.698. The smallest absolute Gasteiger partial charge is 0.344 e. The van der Waals surface area contributed by atoms with Crippen molar-refractivity contribution in [1.82, 2.24) is 0 Å². The first kappa shape index (κ1) is 18.1. The van der Waals surface area contributed by atoms with Crippen molar-refractivity contribution >= 4 is 5.97 Å². The Hall–Kier alpha value is -2.29. The summed E-state index contributed by atoms with van der Waals surface area (Å²) < 4.78 is 10.8. The summed E-state index contributed by atoms with van der Waals surface area (Å²) >= 11 is 0. The Labute approximate surface area is 144 Å². The van der Waals surface area contributed by atoms with E-state index >= 15 is 0 Å². The molecule has 3 heteroatoms. The van der Waals surface area contributed by atoms with E-state index in [1.54, 1.807) is 0 Å². The minimum atomic E-state index is -0.493. The molecule has 0 atom stereocenters. The summed E-state index contributed by atoms with van der Waals surface area (Å²) in [4.78, 5) is 11.7. The molecule has 0 aliphatic carbocycles. The zero-order valence-corrected chi connectivity index (χ0v) is 14.6. The van der Waals surface area contributed by atoms with Crippen molar-refractivity contribution in [2.24, 2.45) is 0 Å². The molecule has 0 bridgehead atoms. The molecule has 2 rings (SSSR count). The van der Waals surface area contributed by atoms with Gasteiger partial charge in [0.05, 0.1) is 0 Å². The summed E-state index contributed by atoms with van der Waals surface area (Å²) in [6, 6.07) is 18.2. The highest BCUT2D eigenvalue weighted by atomic mass is 16.6. The molecule has 24 heavy (non-hydrogen) atoms. The first-order chi connectivity index (χ1) is 11.4. The van der Waals surface area contributed by atoms with Gasteiger partial charge in [0.15, 0.2) is 6.61 Å². The molecule has 0 amide bonds. The minimum absolute atomic E-state index is 0.0786. The number of aryl methyl sites for hydroxylation is 1. The van der Waals surface area contributed by atoms with Crippen molar-refractivity contribution in [2.45, 2.75) is 39.2 Å². The maximum Gasteiger partial charge on any atom is 0.344 e. The molecule has 0 N–H and O–H groups in total. The monoisotopic (exact) mass is 325 g/mol. The molecular formula is C21H25O3. The third-order valence-corrected chi connectivity index (χ3v) is 3.29. The maximum absolute atomic E-state index is 11.7. The van der Waals surface area contributed by atoms with Gasteiger partial charge in [-0.25, -0.2) is 4.79 Å². The van der Waals surface area contributed by atoms with Crippen LogP contribution in [0.2, 0.25) is 0 Å². The number of esters is 1. The number of ether oxygens (including phenoxy) is 2. The third-order valence-electron chi connectivity index (χ3n) is 3.29. The summed E-state index contributed by atoms with van der Waals surface area (Å²) in [5, 5.41) is 0. The summed E-state index contributed by atoms with van der Waals surface area (Å²) in [5.74, 6) is 0.315. The largest absolute Gasteiger partial charge is 0.482 e. The Balaban J connectivity index is 1.79. The van der Waals surface area contributed by atoms with Gasteiger partial charge in [0, 0.05) is 0 Å². The van der Waals surface area contributed by atoms with Gasteiger partial charge in [0.1, 0.15) is 11.4 Å². The number of hydrogen-bond acceptors (Lipinski definition) is 3. The number of benzene rings is 2. The van der Waals surface area contributed by atoms with E-state index in [0.29, 0.717) is 5.75 Å². The second-order valence-electron chi connectivity index (χ2n) is 6.68. The van der Waals surface area contributed by atoms with Gasteiger partial charge < -0.3 is 9.47 Å². The molecular weight excluding hydrogens is 300 g/mol. The van der Waals surface area contributed by atoms with Gasteiger partial charge in [-0.2, -0.15) is 0 Å². The van der Waals surface area contributed by atoms with Crippen LogP contribution in [-0.4, -0.2) is 18.2 Å². The SMILES string of the molecule is CC(C)(C)OC(=O)COc1cccc([CH]CCc2ccccc2)c1. The van der Waals surface area contributed by atoms with Crippen molar-refractivity contribution in [3.63, 3.8) is 0 Å². The van der Waals surface area contributed by atoms with Crippen molar-refractivity contribution in [3.8, 4) is 5.75 Å². The van der Waals surface area contributed by atoms with E-state index in [0.717, 1.165) is 18.4 Å². The van der Waals surface area contributed by atoms with Crippen LogP contribution in [0, 0.1) is 6.42 Å². The number of carbonyl (C=O) groups excluding carboxylic acids is 1. The molecule has 0 unspecified atom stereocenters. The molecule has 0 spiro atoms. The average molecular weight is 325 g/mol. The van der Waals surface area contributed by atoms with Crippen LogP contribution in [0.3, 0.4) is 0 Å². The first-order valence-corrected chi connectivity index (χ1v) is 8.24. The van der Waals surface area contributed by atoms with Crippen LogP contribution in [0.5, 0.6) is 5.75 Å². The van der Waals surface area contributed by atoms with E-state index in [9.17, 15) is 4.79 Å². The molecule has 0 aromatic heterocycles. The van der Waals surface area contributed by atoms with Crippen LogP contribution >= 0.6 is 0 Å². The normalized spacial score (nSPS) is 11.1. The molecule has 0 heterocycles. The number of carbonyl (C=O) groups is 1. The number of rotatable bonds is 7. The number of hydrogen-bond donors (Lipinski definition) is 0. The highest BCUT2D eigenvalue weighted by molar-refractivity contribution is 5.71. The van der Waals surface area contributed by atoms with Crippen LogP contribution < -0.4 is 4.74 Å². The van der Waals surface area contributed by atoms with Crippen molar-refractivity contribution in [2.75, 3.05) is 6.61 Å². The second kappa shape index (κ2) is 8.53. The van der Waals surface area contributed by atoms with Gasteiger partial charge in [0.25, 0.3) is 0 Å². The van der Waals surface area contributed by atoms with Crippen LogP contribution in [0.15, 0.2) is 54.6 Å². The van der Waals surface area contributed by atoms with Gasteiger partial charge >= 0.3 is 5.97 Å². The summed E-state index contributed by atoms with van der Waals surface area (Å²) in [7, 11) is 0. The zero-order chi connectivity index (χ0) is 17.4. The lowest BCUT2D eigenvalue weighted by Crippen LogP contribution is -2.27. The molecule has 0 saturated heterocycles. The van der Waals surface area contributed by atoms with Gasteiger partial charge in [-0.3, -0.25) is 0 Å². The molecule has 0 fully saturated rings. The summed E-state index contributed by atoms with van der Waals surface area (Å²) in [6.45, 7) is 5.44. The van der Waals surface area contributed by atoms with Crippen molar-refractivity contribution in [3.05, 3.63) is 72.1 Å². The highest BCUT2D eigenvalue weighted by Gasteiger charge is 2.16. The van der Waals surface area contributed by atoms with Crippen LogP contribution in [-0.2, 0) is 16.0 Å². The summed E-state index contributed by atoms with van der Waals surface area (Å²) in [5.41, 5.74) is 1.92. The molecule has 0 saturated carbocycles. The van der Waals surface area contributed by atoms with E-state index in [1.807, 2.05) is 51.1 Å². The van der Waals surface area contributed by atoms with Crippen LogP contribution in [0.4, 0.5) is 0 Å². The molecule has 1 radical (unpaired) electrons. The maximum atomic E-state index is 11.7. The standard InChI is InChI=1S/C21H25O3/c1-21(2,3)24-20(22)16-23-19-14-8-13-18(15-19)12-7-11-17-9-5-4-6-10-17/h4-6,8-10,12-15H,7,11,16H2,1-3H3. The Morgan fingerprint density at radius 3 is 2.50 bits per heavy atom. The molecule has 2 aromatic rings. The van der Waals surface area contributed by atoms with Crippen molar-refractivity contribution in [1.29, 1.82) is 0 Å². The van der Waals surface area contributed by atoms with Gasteiger partial charge in [0.2, 0.25) is 0 Å². The fourth-order valence-electron chi connectivity index (χ4n) is 2.29. The van der Waals surface area contributed by atoms with Crippen LogP contribution in [0.1, 0.15) is 38.3 Å². The Morgan fingerprint density at radius 2 is 1.79 bits per heavy atom. The Morgan fingerprint density at radius 1 is 1.04 bits per heavy atom. The van der Waals surface area contributed by atoms with E-state index < -0.39 is 5.60 Å². The van der Waals surface area contributed by atoms with E-state index in [2.05, 4.69) is 30.7 Å². The van der Waals surface area contributed by atoms with E-state index in [1.165, 1.54) is 5.56 Å². The van der Waals surface area contributed by atoms with E-state index in [-0.39, 0.29) is 12.6 Å². The molecule has 2 aromatic carbocycles. The van der Waals surface area contributed by atoms with Gasteiger partial charge in [-0.15, -0.1) is 0 Å². The fraction of sp³-hybridized carbons (Fsp3) is 0.333. The second-order valence-corrected chi connectivity index (χ2v) is 6.68. The lowest BCUT2D eigenvalue weighted by Gasteiger charge is -2.19. The molecule has 0 aliphatic rings.